The fraction of sp³-hybridized carbons (Fsp3) is 0.556. The Balaban J connectivity index is 1.79. The van der Waals surface area contributed by atoms with E-state index < -0.39 is 0 Å². The van der Waals surface area contributed by atoms with Gasteiger partial charge < -0.3 is 15.4 Å². The summed E-state index contributed by atoms with van der Waals surface area (Å²) in [5.41, 5.74) is 9.21. The summed E-state index contributed by atoms with van der Waals surface area (Å²) in [7, 11) is 3.87. The largest absolute Gasteiger partial charge is 0.495 e. The Kier molecular flexibility index (Phi) is 6.84. The first-order valence-corrected chi connectivity index (χ1v) is 11.6. The second-order valence-corrected chi connectivity index (χ2v) is 9.94. The second kappa shape index (κ2) is 8.53. The highest BCUT2D eigenvalue weighted by atomic mass is 127. The highest BCUT2D eigenvalue weighted by Gasteiger charge is 2.37. The summed E-state index contributed by atoms with van der Waals surface area (Å²) in [6.45, 7) is 4.50. The fourth-order valence-electron chi connectivity index (χ4n) is 3.69. The van der Waals surface area contributed by atoms with Gasteiger partial charge in [0.2, 0.25) is 0 Å². The Morgan fingerprint density at radius 1 is 1.32 bits per heavy atom. The molecule has 2 atom stereocenters. The molecule has 0 spiro atoms. The normalized spacial score (nSPS) is 24.0. The summed E-state index contributed by atoms with van der Waals surface area (Å²) < 4.78 is 7.87. The Hall–Kier alpha value is 0.290. The molecule has 3 rings (SSSR count). The number of aryl methyl sites for hydroxylation is 1. The van der Waals surface area contributed by atoms with Crippen LogP contribution in [0.5, 0.6) is 5.75 Å². The number of benzene rings is 1. The lowest BCUT2D eigenvalue weighted by Crippen LogP contribution is -2.41. The topological polar surface area (TPSA) is 41.7 Å². The Morgan fingerprint density at radius 2 is 2.00 bits per heavy atom. The second-order valence-electron chi connectivity index (χ2n) is 6.46. The van der Waals surface area contributed by atoms with E-state index in [4.69, 9.17) is 10.5 Å². The molecule has 0 bridgehead atoms. The van der Waals surface area contributed by atoms with E-state index in [2.05, 4.69) is 81.1 Å². The first-order valence-electron chi connectivity index (χ1n) is 8.60. The quantitative estimate of drug-likeness (QED) is 0.529. The molecule has 0 aliphatic carbocycles. The molecule has 1 aromatic carbocycles. The Morgan fingerprint density at radius 3 is 2.60 bits per heavy atom. The molecular formula is C18H25I2N3OS. The van der Waals surface area contributed by atoms with Gasteiger partial charge >= 0.3 is 0 Å². The summed E-state index contributed by atoms with van der Waals surface area (Å²) >= 11 is 6.59. The van der Waals surface area contributed by atoms with E-state index >= 15 is 0 Å². The van der Waals surface area contributed by atoms with Crippen molar-refractivity contribution >= 4 is 56.9 Å². The minimum Gasteiger partial charge on any atom is -0.495 e. The Labute approximate surface area is 182 Å². The minimum absolute atomic E-state index is 0.0761. The fourth-order valence-corrected chi connectivity index (χ4v) is 7.38. The average molecular weight is 585 g/mol. The van der Waals surface area contributed by atoms with Gasteiger partial charge in [0.05, 0.1) is 14.3 Å². The summed E-state index contributed by atoms with van der Waals surface area (Å²) in [4.78, 5) is 6.37. The maximum absolute atomic E-state index is 6.28. The average Bonchev–Trinajstić information content (AvgIpc) is 2.87. The number of likely N-dealkylation sites (N-methyl/N-ethyl adjacent to an activating group) is 1. The monoisotopic (exact) mass is 585 g/mol. The van der Waals surface area contributed by atoms with E-state index in [1.54, 1.807) is 7.11 Å². The molecule has 0 fully saturated rings. The van der Waals surface area contributed by atoms with Crippen LogP contribution in [-0.2, 0) is 6.42 Å². The summed E-state index contributed by atoms with van der Waals surface area (Å²) in [5, 5.41) is 0. The van der Waals surface area contributed by atoms with Gasteiger partial charge in [0.15, 0.2) is 0 Å². The van der Waals surface area contributed by atoms with Gasteiger partial charge in [0.25, 0.3) is 0 Å². The highest BCUT2D eigenvalue weighted by Crippen LogP contribution is 2.43. The molecule has 25 heavy (non-hydrogen) atoms. The van der Waals surface area contributed by atoms with E-state index in [9.17, 15) is 0 Å². The maximum Gasteiger partial charge on any atom is 0.145 e. The number of hydrogen-bond donors (Lipinski definition) is 1. The maximum atomic E-state index is 6.28. The third kappa shape index (κ3) is 4.09. The van der Waals surface area contributed by atoms with Crippen LogP contribution in [-0.4, -0.2) is 48.6 Å². The zero-order chi connectivity index (χ0) is 18.1. The molecule has 2 aliphatic heterocycles. The summed E-state index contributed by atoms with van der Waals surface area (Å²) in [6, 6.07) is 5.01. The lowest BCUT2D eigenvalue weighted by molar-refractivity contribution is 0.205. The number of nitrogens with zero attached hydrogens (tertiary/aromatic N) is 2. The molecule has 0 radical (unpaired) electrons. The van der Waals surface area contributed by atoms with Crippen LogP contribution in [0.25, 0.3) is 0 Å². The molecule has 0 amide bonds. The van der Waals surface area contributed by atoms with Gasteiger partial charge in [0, 0.05) is 36.7 Å². The third-order valence-electron chi connectivity index (χ3n) is 5.09. The van der Waals surface area contributed by atoms with Crippen LogP contribution in [0.1, 0.15) is 25.3 Å². The molecule has 0 aromatic heterocycles. The highest BCUT2D eigenvalue weighted by molar-refractivity contribution is 14.1. The number of nitrogens with two attached hydrogens (primary N) is 1. The molecule has 2 N–H and O–H groups in total. The number of ether oxygens (including phenoxy) is 1. The molecule has 7 heteroatoms. The van der Waals surface area contributed by atoms with Gasteiger partial charge in [-0.1, -0.05) is 18.7 Å². The smallest absolute Gasteiger partial charge is 0.145 e. The van der Waals surface area contributed by atoms with Gasteiger partial charge in [0.1, 0.15) is 11.2 Å². The number of hydrogen-bond acceptors (Lipinski definition) is 5. The van der Waals surface area contributed by atoms with Gasteiger partial charge in [-0.3, -0.25) is 4.90 Å². The van der Waals surface area contributed by atoms with Crippen molar-refractivity contribution in [3.05, 3.63) is 35.4 Å². The zero-order valence-corrected chi connectivity index (χ0v) is 20.0. The molecule has 2 aliphatic rings. The van der Waals surface area contributed by atoms with Crippen LogP contribution in [0.2, 0.25) is 0 Å². The van der Waals surface area contributed by atoms with Crippen molar-refractivity contribution in [1.82, 2.24) is 9.80 Å². The van der Waals surface area contributed by atoms with E-state index in [1.807, 2.05) is 11.8 Å². The van der Waals surface area contributed by atoms with Gasteiger partial charge in [-0.05, 0) is 82.3 Å². The van der Waals surface area contributed by atoms with E-state index in [0.717, 1.165) is 38.1 Å². The van der Waals surface area contributed by atoms with E-state index in [1.165, 1.54) is 23.3 Å². The molecule has 2 heterocycles. The molecular weight excluding hydrogens is 560 g/mol. The van der Waals surface area contributed by atoms with Crippen LogP contribution >= 0.6 is 56.9 Å². The van der Waals surface area contributed by atoms with Crippen LogP contribution < -0.4 is 10.5 Å². The molecule has 1 aromatic rings. The van der Waals surface area contributed by atoms with Crippen molar-refractivity contribution < 1.29 is 4.74 Å². The minimum atomic E-state index is 0.0761. The van der Waals surface area contributed by atoms with Crippen LogP contribution in [0, 0.1) is 7.14 Å². The third-order valence-corrected chi connectivity index (χ3v) is 8.02. The summed E-state index contributed by atoms with van der Waals surface area (Å²) in [5.74, 6) is 0.988. The standard InChI is InChI=1S/C18H25I2N3OS/c1-4-23-8-7-14-17(25-18(21)22(14)2)15(23)6-5-11-9-12(19)16(24-3)13(20)10-11/h9-10,15,18H,4-8,21H2,1-3H3. The van der Waals surface area contributed by atoms with Crippen molar-refractivity contribution in [2.45, 2.75) is 37.7 Å². The van der Waals surface area contributed by atoms with Crippen molar-refractivity contribution in [2.75, 3.05) is 27.2 Å². The molecule has 2 unspecified atom stereocenters. The number of rotatable bonds is 5. The number of thioether (sulfide) groups is 1. The van der Waals surface area contributed by atoms with Crippen molar-refractivity contribution in [3.63, 3.8) is 0 Å². The van der Waals surface area contributed by atoms with Crippen molar-refractivity contribution in [2.24, 2.45) is 5.73 Å². The van der Waals surface area contributed by atoms with E-state index in [-0.39, 0.29) is 5.50 Å². The van der Waals surface area contributed by atoms with Crippen LogP contribution in [0.4, 0.5) is 0 Å². The first kappa shape index (κ1) is 20.0. The molecule has 0 saturated heterocycles. The van der Waals surface area contributed by atoms with Crippen LogP contribution in [0.3, 0.4) is 0 Å². The van der Waals surface area contributed by atoms with Gasteiger partial charge in [-0.15, -0.1) is 0 Å². The summed E-state index contributed by atoms with van der Waals surface area (Å²) in [6.07, 6.45) is 3.33. The first-order chi connectivity index (χ1) is 12.0. The molecule has 138 valence electrons. The lowest BCUT2D eigenvalue weighted by Gasteiger charge is -2.36. The van der Waals surface area contributed by atoms with Crippen molar-refractivity contribution in [1.29, 1.82) is 0 Å². The van der Waals surface area contributed by atoms with Crippen LogP contribution in [0.15, 0.2) is 22.7 Å². The predicted molar refractivity (Wildman–Crippen MR) is 123 cm³/mol. The number of halogens is 2. The predicted octanol–water partition coefficient (Wildman–Crippen LogP) is 4.06. The SMILES string of the molecule is CCN1CCC2=C(SC(N)N2C)C1CCc1cc(I)c(OC)c(I)c1. The van der Waals surface area contributed by atoms with Crippen molar-refractivity contribution in [3.8, 4) is 5.75 Å². The zero-order valence-electron chi connectivity index (χ0n) is 14.9. The van der Waals surface area contributed by atoms with Gasteiger partial charge in [-0.25, -0.2) is 0 Å². The van der Waals surface area contributed by atoms with Gasteiger partial charge in [-0.2, -0.15) is 0 Å². The van der Waals surface area contributed by atoms with E-state index in [0.29, 0.717) is 6.04 Å². The lowest BCUT2D eigenvalue weighted by atomic mass is 9.98. The number of methoxy groups -OCH3 is 1. The molecule has 4 nitrogen and oxygen atoms in total. The Bertz CT molecular complexity index is 659. The molecule has 0 saturated carbocycles.